The van der Waals surface area contributed by atoms with Crippen molar-refractivity contribution in [3.8, 4) is 16.9 Å². The third-order valence-corrected chi connectivity index (χ3v) is 5.35. The van der Waals surface area contributed by atoms with Crippen LogP contribution in [0.2, 0.25) is 0 Å². The first-order valence-electron chi connectivity index (χ1n) is 9.94. The Morgan fingerprint density at radius 3 is 2.07 bits per heavy atom. The van der Waals surface area contributed by atoms with Crippen molar-refractivity contribution in [3.63, 3.8) is 0 Å². The molecule has 1 aliphatic rings. The Morgan fingerprint density at radius 1 is 0.852 bits per heavy atom. The summed E-state index contributed by atoms with van der Waals surface area (Å²) in [7, 11) is 1.70. The van der Waals surface area contributed by atoms with E-state index in [1.165, 1.54) is 29.5 Å². The lowest BCUT2D eigenvalue weighted by atomic mass is 9.82. The summed E-state index contributed by atoms with van der Waals surface area (Å²) in [5.74, 6) is 1.56. The van der Waals surface area contributed by atoms with Gasteiger partial charge >= 0.3 is 0 Å². The molecule has 142 valence electrons. The molecule has 3 rings (SSSR count). The average Bonchev–Trinajstić information content (AvgIpc) is 2.74. The quantitative estimate of drug-likeness (QED) is 0.521. The highest BCUT2D eigenvalue weighted by molar-refractivity contribution is 5.64. The van der Waals surface area contributed by atoms with Crippen molar-refractivity contribution in [1.82, 2.24) is 0 Å². The molecule has 1 saturated carbocycles. The number of hydrogen-bond acceptors (Lipinski definition) is 2. The van der Waals surface area contributed by atoms with Crippen LogP contribution in [0.15, 0.2) is 72.8 Å². The minimum atomic E-state index is 0.412. The molecule has 0 aliphatic heterocycles. The van der Waals surface area contributed by atoms with Crippen LogP contribution in [0.1, 0.15) is 44.1 Å². The summed E-state index contributed by atoms with van der Waals surface area (Å²) >= 11 is 0. The zero-order valence-corrected chi connectivity index (χ0v) is 16.4. The Balaban J connectivity index is 1.51. The molecular weight excluding hydrogens is 332 g/mol. The average molecular weight is 363 g/mol. The fraction of sp³-hybridized carbons (Fsp3) is 0.360. The SMILES string of the molecule is C/C=C/C=C/COC1CCC(c2ccc(-c3ccc(OC)cc3)cc2)CC1. The molecule has 1 aliphatic carbocycles. The number of ether oxygens (including phenoxy) is 2. The van der Waals surface area contributed by atoms with Gasteiger partial charge in [0.05, 0.1) is 19.8 Å². The Hall–Kier alpha value is -2.32. The standard InChI is InChI=1S/C25H30O2/c1-3-4-5-6-19-27-25-17-13-23(14-18-25)21-9-7-20(8-10-21)22-11-15-24(26-2)16-12-22/h3-12,15-16,23,25H,13-14,17-19H2,1-2H3/b4-3+,6-5+. The predicted molar refractivity (Wildman–Crippen MR) is 113 cm³/mol. The molecule has 27 heavy (non-hydrogen) atoms. The van der Waals surface area contributed by atoms with Crippen molar-refractivity contribution >= 4 is 0 Å². The Bertz CT molecular complexity index is 733. The maximum atomic E-state index is 5.98. The van der Waals surface area contributed by atoms with Crippen molar-refractivity contribution in [1.29, 1.82) is 0 Å². The summed E-state index contributed by atoms with van der Waals surface area (Å²) in [4.78, 5) is 0. The van der Waals surface area contributed by atoms with Gasteiger partial charge in [-0.15, -0.1) is 0 Å². The van der Waals surface area contributed by atoms with Crippen LogP contribution in [0, 0.1) is 0 Å². The second-order valence-corrected chi connectivity index (χ2v) is 7.11. The molecule has 0 radical (unpaired) electrons. The lowest BCUT2D eigenvalue weighted by Gasteiger charge is -2.28. The maximum absolute atomic E-state index is 5.98. The minimum absolute atomic E-state index is 0.412. The molecule has 0 amide bonds. The normalized spacial score (nSPS) is 20.4. The topological polar surface area (TPSA) is 18.5 Å². The van der Waals surface area contributed by atoms with Gasteiger partial charge in [-0.3, -0.25) is 0 Å². The van der Waals surface area contributed by atoms with Crippen LogP contribution < -0.4 is 4.74 Å². The van der Waals surface area contributed by atoms with Crippen molar-refractivity contribution in [2.24, 2.45) is 0 Å². The summed E-state index contributed by atoms with van der Waals surface area (Å²) in [6.45, 7) is 2.74. The van der Waals surface area contributed by atoms with E-state index in [1.807, 2.05) is 31.2 Å². The largest absolute Gasteiger partial charge is 0.497 e. The van der Waals surface area contributed by atoms with Crippen LogP contribution in [0.3, 0.4) is 0 Å². The van der Waals surface area contributed by atoms with Gasteiger partial charge in [0.15, 0.2) is 0 Å². The van der Waals surface area contributed by atoms with E-state index in [0.29, 0.717) is 12.0 Å². The summed E-state index contributed by atoms with van der Waals surface area (Å²) in [6.07, 6.45) is 13.4. The van der Waals surface area contributed by atoms with Gasteiger partial charge in [0.1, 0.15) is 5.75 Å². The lowest BCUT2D eigenvalue weighted by Crippen LogP contribution is -2.20. The molecule has 2 aromatic carbocycles. The molecule has 2 heteroatoms. The summed E-state index contributed by atoms with van der Waals surface area (Å²) in [6, 6.07) is 17.3. The summed E-state index contributed by atoms with van der Waals surface area (Å²) < 4.78 is 11.2. The first-order valence-corrected chi connectivity index (χ1v) is 9.94. The van der Waals surface area contributed by atoms with E-state index in [-0.39, 0.29) is 0 Å². The molecule has 1 fully saturated rings. The van der Waals surface area contributed by atoms with E-state index in [9.17, 15) is 0 Å². The van der Waals surface area contributed by atoms with E-state index in [2.05, 4.69) is 48.6 Å². The highest BCUT2D eigenvalue weighted by Crippen LogP contribution is 2.35. The van der Waals surface area contributed by atoms with Gasteiger partial charge in [-0.1, -0.05) is 60.7 Å². The zero-order valence-electron chi connectivity index (χ0n) is 16.4. The number of benzene rings is 2. The molecule has 2 aromatic rings. The molecule has 0 N–H and O–H groups in total. The first kappa shape index (κ1) is 19.4. The summed E-state index contributed by atoms with van der Waals surface area (Å²) in [5, 5.41) is 0. The molecular formula is C25H30O2. The van der Waals surface area contributed by atoms with Gasteiger partial charge in [0.25, 0.3) is 0 Å². The minimum Gasteiger partial charge on any atom is -0.497 e. The second-order valence-electron chi connectivity index (χ2n) is 7.11. The van der Waals surface area contributed by atoms with Crippen molar-refractivity contribution < 1.29 is 9.47 Å². The van der Waals surface area contributed by atoms with Crippen LogP contribution in [0.5, 0.6) is 5.75 Å². The molecule has 0 atom stereocenters. The molecule has 2 nitrogen and oxygen atoms in total. The monoisotopic (exact) mass is 362 g/mol. The number of hydrogen-bond donors (Lipinski definition) is 0. The number of methoxy groups -OCH3 is 1. The Morgan fingerprint density at radius 2 is 1.48 bits per heavy atom. The Kier molecular flexibility index (Phi) is 7.29. The van der Waals surface area contributed by atoms with Gasteiger partial charge in [0, 0.05) is 0 Å². The van der Waals surface area contributed by atoms with E-state index in [0.717, 1.165) is 25.2 Å². The first-order chi connectivity index (χ1) is 13.3. The number of rotatable bonds is 7. The molecule has 0 saturated heterocycles. The van der Waals surface area contributed by atoms with Crippen LogP contribution in [0.25, 0.3) is 11.1 Å². The van der Waals surface area contributed by atoms with Crippen LogP contribution in [-0.4, -0.2) is 19.8 Å². The third-order valence-electron chi connectivity index (χ3n) is 5.35. The zero-order chi connectivity index (χ0) is 18.9. The van der Waals surface area contributed by atoms with Crippen LogP contribution in [0.4, 0.5) is 0 Å². The maximum Gasteiger partial charge on any atom is 0.118 e. The fourth-order valence-corrected chi connectivity index (χ4v) is 3.73. The van der Waals surface area contributed by atoms with Crippen molar-refractivity contribution in [2.75, 3.05) is 13.7 Å². The van der Waals surface area contributed by atoms with E-state index in [1.54, 1.807) is 7.11 Å². The van der Waals surface area contributed by atoms with Gasteiger partial charge in [0.2, 0.25) is 0 Å². The molecule has 0 bridgehead atoms. The fourth-order valence-electron chi connectivity index (χ4n) is 3.73. The number of allylic oxidation sites excluding steroid dienone is 3. The van der Waals surface area contributed by atoms with Crippen LogP contribution >= 0.6 is 0 Å². The molecule has 0 aromatic heterocycles. The van der Waals surface area contributed by atoms with Gasteiger partial charge in [-0.25, -0.2) is 0 Å². The van der Waals surface area contributed by atoms with Gasteiger partial charge < -0.3 is 9.47 Å². The Labute approximate surface area is 163 Å². The highest BCUT2D eigenvalue weighted by atomic mass is 16.5. The van der Waals surface area contributed by atoms with Crippen molar-refractivity contribution in [3.05, 3.63) is 78.4 Å². The van der Waals surface area contributed by atoms with E-state index in [4.69, 9.17) is 9.47 Å². The highest BCUT2D eigenvalue weighted by Gasteiger charge is 2.22. The molecule has 0 spiro atoms. The predicted octanol–water partition coefficient (Wildman–Crippen LogP) is 6.54. The second kappa shape index (κ2) is 10.1. The van der Waals surface area contributed by atoms with Crippen molar-refractivity contribution in [2.45, 2.75) is 44.6 Å². The third kappa shape index (κ3) is 5.58. The van der Waals surface area contributed by atoms with E-state index < -0.39 is 0 Å². The molecule has 0 heterocycles. The van der Waals surface area contributed by atoms with E-state index >= 15 is 0 Å². The smallest absolute Gasteiger partial charge is 0.118 e. The molecule has 0 unspecified atom stereocenters. The summed E-state index contributed by atoms with van der Waals surface area (Å²) in [5.41, 5.74) is 3.94. The van der Waals surface area contributed by atoms with Gasteiger partial charge in [-0.05, 0) is 67.3 Å². The lowest BCUT2D eigenvalue weighted by molar-refractivity contribution is 0.0422. The van der Waals surface area contributed by atoms with Crippen LogP contribution in [-0.2, 0) is 4.74 Å². The van der Waals surface area contributed by atoms with Gasteiger partial charge in [-0.2, -0.15) is 0 Å².